The van der Waals surface area contributed by atoms with E-state index in [9.17, 15) is 0 Å². The Balaban J connectivity index is 1.66. The molecule has 2 aromatic rings. The minimum absolute atomic E-state index is 0.487. The number of H-pyrrole nitrogens is 1. The Kier molecular flexibility index (Phi) is 2.67. The SMILES string of the molecule is COc1ccc2c(c1)-c1[nH]nc(NC3CCNC3)c1C2. The summed E-state index contributed by atoms with van der Waals surface area (Å²) in [6.45, 7) is 2.10. The van der Waals surface area contributed by atoms with Crippen molar-refractivity contribution in [2.45, 2.75) is 18.9 Å². The fourth-order valence-electron chi connectivity index (χ4n) is 3.11. The standard InChI is InChI=1S/C15H18N4O/c1-20-11-3-2-9-6-13-14(12(9)7-11)18-19-15(13)17-10-4-5-16-8-10/h2-3,7,10,16H,4-6,8H2,1H3,(H2,17,18,19). The Hall–Kier alpha value is -2.01. The highest BCUT2D eigenvalue weighted by Crippen LogP contribution is 2.40. The molecular weight excluding hydrogens is 252 g/mol. The first-order chi connectivity index (χ1) is 9.85. The summed E-state index contributed by atoms with van der Waals surface area (Å²) in [5, 5.41) is 14.5. The van der Waals surface area contributed by atoms with Crippen LogP contribution in [-0.2, 0) is 6.42 Å². The first-order valence-electron chi connectivity index (χ1n) is 7.07. The molecule has 3 N–H and O–H groups in total. The topological polar surface area (TPSA) is 62.0 Å². The van der Waals surface area contributed by atoms with Gasteiger partial charge in [0.15, 0.2) is 5.82 Å². The second kappa shape index (κ2) is 4.52. The summed E-state index contributed by atoms with van der Waals surface area (Å²) in [6, 6.07) is 6.73. The van der Waals surface area contributed by atoms with Crippen molar-refractivity contribution in [3.63, 3.8) is 0 Å². The number of aromatic nitrogens is 2. The Morgan fingerprint density at radius 3 is 3.15 bits per heavy atom. The zero-order valence-corrected chi connectivity index (χ0v) is 11.5. The number of nitrogens with one attached hydrogen (secondary N) is 3. The molecular formula is C15H18N4O. The first-order valence-corrected chi connectivity index (χ1v) is 7.07. The number of aromatic amines is 1. The minimum Gasteiger partial charge on any atom is -0.497 e. The molecule has 5 nitrogen and oxygen atoms in total. The molecule has 1 saturated heterocycles. The van der Waals surface area contributed by atoms with Crippen LogP contribution in [0.5, 0.6) is 5.75 Å². The Bertz CT molecular complexity index is 643. The van der Waals surface area contributed by atoms with Crippen LogP contribution in [0.25, 0.3) is 11.3 Å². The van der Waals surface area contributed by atoms with Crippen LogP contribution in [0, 0.1) is 0 Å². The molecule has 1 aliphatic carbocycles. The second-order valence-electron chi connectivity index (χ2n) is 5.46. The number of ether oxygens (including phenoxy) is 1. The number of hydrogen-bond acceptors (Lipinski definition) is 4. The molecule has 1 aliphatic heterocycles. The molecule has 1 atom stereocenters. The molecule has 2 aliphatic rings. The quantitative estimate of drug-likeness (QED) is 0.678. The van der Waals surface area contributed by atoms with E-state index in [1.165, 1.54) is 16.7 Å². The summed E-state index contributed by atoms with van der Waals surface area (Å²) >= 11 is 0. The summed E-state index contributed by atoms with van der Waals surface area (Å²) in [5.74, 6) is 1.89. The third-order valence-corrected chi connectivity index (χ3v) is 4.22. The van der Waals surface area contributed by atoms with Crippen LogP contribution >= 0.6 is 0 Å². The van der Waals surface area contributed by atoms with Gasteiger partial charge in [-0.25, -0.2) is 0 Å². The Morgan fingerprint density at radius 2 is 2.35 bits per heavy atom. The van der Waals surface area contributed by atoms with Crippen molar-refractivity contribution in [2.24, 2.45) is 0 Å². The molecule has 4 rings (SSSR count). The number of fused-ring (bicyclic) bond motifs is 3. The van der Waals surface area contributed by atoms with Crippen LogP contribution < -0.4 is 15.4 Å². The number of anilines is 1. The van der Waals surface area contributed by atoms with Crippen molar-refractivity contribution in [2.75, 3.05) is 25.5 Å². The van der Waals surface area contributed by atoms with Gasteiger partial charge in [0.1, 0.15) is 5.75 Å². The summed E-state index contributed by atoms with van der Waals surface area (Å²) < 4.78 is 5.31. The highest BCUT2D eigenvalue weighted by Gasteiger charge is 2.26. The third-order valence-electron chi connectivity index (χ3n) is 4.22. The maximum atomic E-state index is 5.31. The van der Waals surface area contributed by atoms with Gasteiger partial charge in [0.25, 0.3) is 0 Å². The van der Waals surface area contributed by atoms with Gasteiger partial charge in [-0.1, -0.05) is 6.07 Å². The van der Waals surface area contributed by atoms with Gasteiger partial charge < -0.3 is 15.4 Å². The minimum atomic E-state index is 0.487. The molecule has 1 unspecified atom stereocenters. The fourth-order valence-corrected chi connectivity index (χ4v) is 3.11. The van der Waals surface area contributed by atoms with Crippen LogP contribution in [0.2, 0.25) is 0 Å². The van der Waals surface area contributed by atoms with Crippen LogP contribution in [0.3, 0.4) is 0 Å². The number of nitrogens with zero attached hydrogens (tertiary/aromatic N) is 1. The average Bonchev–Trinajstić information content (AvgIpc) is 3.17. The fraction of sp³-hybridized carbons (Fsp3) is 0.400. The molecule has 1 fully saturated rings. The zero-order valence-electron chi connectivity index (χ0n) is 11.5. The maximum Gasteiger partial charge on any atom is 0.152 e. The lowest BCUT2D eigenvalue weighted by atomic mass is 10.1. The number of benzene rings is 1. The highest BCUT2D eigenvalue weighted by molar-refractivity contribution is 5.79. The van der Waals surface area contributed by atoms with Crippen LogP contribution in [-0.4, -0.2) is 36.4 Å². The Labute approximate surface area is 117 Å². The molecule has 5 heteroatoms. The molecule has 20 heavy (non-hydrogen) atoms. The second-order valence-corrected chi connectivity index (χ2v) is 5.46. The van der Waals surface area contributed by atoms with Gasteiger partial charge in [-0.2, -0.15) is 5.10 Å². The van der Waals surface area contributed by atoms with Crippen molar-refractivity contribution in [3.8, 4) is 17.0 Å². The molecule has 1 aromatic heterocycles. The van der Waals surface area contributed by atoms with Gasteiger partial charge >= 0.3 is 0 Å². The lowest BCUT2D eigenvalue weighted by molar-refractivity contribution is 0.415. The molecule has 0 amide bonds. The van der Waals surface area contributed by atoms with E-state index in [0.717, 1.165) is 43.2 Å². The lowest BCUT2D eigenvalue weighted by Crippen LogP contribution is -2.22. The van der Waals surface area contributed by atoms with E-state index < -0.39 is 0 Å². The van der Waals surface area contributed by atoms with Crippen molar-refractivity contribution >= 4 is 5.82 Å². The monoisotopic (exact) mass is 270 g/mol. The molecule has 2 heterocycles. The van der Waals surface area contributed by atoms with Crippen LogP contribution in [0.1, 0.15) is 17.5 Å². The molecule has 1 aromatic carbocycles. The molecule has 0 spiro atoms. The highest BCUT2D eigenvalue weighted by atomic mass is 16.5. The van der Waals surface area contributed by atoms with Gasteiger partial charge in [-0.15, -0.1) is 0 Å². The van der Waals surface area contributed by atoms with Gasteiger partial charge in [0.2, 0.25) is 0 Å². The van der Waals surface area contributed by atoms with Crippen LogP contribution in [0.4, 0.5) is 5.82 Å². The summed E-state index contributed by atoms with van der Waals surface area (Å²) in [5.41, 5.74) is 4.96. The average molecular weight is 270 g/mol. The van der Waals surface area contributed by atoms with E-state index in [4.69, 9.17) is 4.74 Å². The van der Waals surface area contributed by atoms with E-state index in [1.807, 2.05) is 6.07 Å². The number of methoxy groups -OCH3 is 1. The van der Waals surface area contributed by atoms with E-state index in [-0.39, 0.29) is 0 Å². The summed E-state index contributed by atoms with van der Waals surface area (Å²) in [4.78, 5) is 0. The van der Waals surface area contributed by atoms with Crippen LogP contribution in [0.15, 0.2) is 18.2 Å². The number of hydrogen-bond donors (Lipinski definition) is 3. The van der Waals surface area contributed by atoms with E-state index >= 15 is 0 Å². The van der Waals surface area contributed by atoms with E-state index in [2.05, 4.69) is 33.0 Å². The molecule has 0 saturated carbocycles. The number of rotatable bonds is 3. The van der Waals surface area contributed by atoms with Crippen molar-refractivity contribution in [1.82, 2.24) is 15.5 Å². The van der Waals surface area contributed by atoms with E-state index in [0.29, 0.717) is 6.04 Å². The molecule has 0 radical (unpaired) electrons. The largest absolute Gasteiger partial charge is 0.497 e. The van der Waals surface area contributed by atoms with Crippen molar-refractivity contribution in [3.05, 3.63) is 29.3 Å². The lowest BCUT2D eigenvalue weighted by Gasteiger charge is -2.11. The predicted molar refractivity (Wildman–Crippen MR) is 78.3 cm³/mol. The smallest absolute Gasteiger partial charge is 0.152 e. The van der Waals surface area contributed by atoms with E-state index in [1.54, 1.807) is 7.11 Å². The summed E-state index contributed by atoms with van der Waals surface area (Å²) in [7, 11) is 1.70. The summed E-state index contributed by atoms with van der Waals surface area (Å²) in [6.07, 6.45) is 2.09. The maximum absolute atomic E-state index is 5.31. The van der Waals surface area contributed by atoms with Crippen molar-refractivity contribution < 1.29 is 4.74 Å². The normalized spacial score (nSPS) is 19.8. The molecule has 104 valence electrons. The first kappa shape index (κ1) is 11.8. The third kappa shape index (κ3) is 1.78. The van der Waals surface area contributed by atoms with Gasteiger partial charge in [0, 0.05) is 30.1 Å². The predicted octanol–water partition coefficient (Wildman–Crippen LogP) is 1.76. The Morgan fingerprint density at radius 1 is 1.40 bits per heavy atom. The van der Waals surface area contributed by atoms with Gasteiger partial charge in [-0.3, -0.25) is 5.10 Å². The van der Waals surface area contributed by atoms with Gasteiger partial charge in [0.05, 0.1) is 12.8 Å². The zero-order chi connectivity index (χ0) is 13.5. The van der Waals surface area contributed by atoms with Crippen molar-refractivity contribution in [1.29, 1.82) is 0 Å². The van der Waals surface area contributed by atoms with Gasteiger partial charge in [-0.05, 0) is 30.7 Å². The molecule has 0 bridgehead atoms.